The Morgan fingerprint density at radius 2 is 1.80 bits per heavy atom. The van der Waals surface area contributed by atoms with Crippen LogP contribution in [0.1, 0.15) is 26.6 Å². The molecule has 1 fully saturated rings. The van der Waals surface area contributed by atoms with Crippen molar-refractivity contribution in [3.63, 3.8) is 0 Å². The Labute approximate surface area is 247 Å². The average molecular weight is 583 g/mol. The molecule has 2 aromatic carbocycles. The second-order valence-corrected chi connectivity index (χ2v) is 11.6. The molecule has 6 rings (SSSR count). The number of amides is 1. The number of thiazole rings is 1. The van der Waals surface area contributed by atoms with E-state index in [4.69, 9.17) is 4.42 Å². The summed E-state index contributed by atoms with van der Waals surface area (Å²) in [4.78, 5) is 22.2. The molecule has 1 amide bonds. The van der Waals surface area contributed by atoms with Crippen LogP contribution < -0.4 is 0 Å². The summed E-state index contributed by atoms with van der Waals surface area (Å²) < 4.78 is 7.66. The molecule has 8 nitrogen and oxygen atoms in total. The number of thioether (sulfide) groups is 1. The molecule has 0 unspecified atom stereocenters. The van der Waals surface area contributed by atoms with Gasteiger partial charge in [-0.25, -0.2) is 4.98 Å². The topological polar surface area (TPSA) is 80.3 Å². The van der Waals surface area contributed by atoms with E-state index < -0.39 is 0 Å². The van der Waals surface area contributed by atoms with Crippen LogP contribution in [0.4, 0.5) is 0 Å². The molecule has 1 saturated heterocycles. The fourth-order valence-electron chi connectivity index (χ4n) is 4.76. The number of nitrogens with zero attached hydrogens (tertiary/aromatic N) is 6. The van der Waals surface area contributed by atoms with E-state index in [0.717, 1.165) is 41.0 Å². The zero-order valence-electron chi connectivity index (χ0n) is 22.7. The molecule has 3 aromatic heterocycles. The maximum Gasteiger partial charge on any atom is 0.273 e. The first kappa shape index (κ1) is 27.2. The number of para-hydroxylation sites is 1. The van der Waals surface area contributed by atoms with Crippen LogP contribution in [0.2, 0.25) is 0 Å². The fourth-order valence-corrected chi connectivity index (χ4v) is 6.49. The van der Waals surface area contributed by atoms with Crippen molar-refractivity contribution in [3.05, 3.63) is 106 Å². The van der Waals surface area contributed by atoms with Crippen molar-refractivity contribution < 1.29 is 9.21 Å². The van der Waals surface area contributed by atoms with Gasteiger partial charge in [0.25, 0.3) is 5.91 Å². The van der Waals surface area contributed by atoms with Gasteiger partial charge >= 0.3 is 0 Å². The van der Waals surface area contributed by atoms with Gasteiger partial charge in [-0.15, -0.1) is 21.5 Å². The minimum atomic E-state index is 0.000149. The van der Waals surface area contributed by atoms with E-state index in [9.17, 15) is 4.79 Å². The van der Waals surface area contributed by atoms with Gasteiger partial charge < -0.3 is 9.32 Å². The predicted molar refractivity (Wildman–Crippen MR) is 163 cm³/mol. The molecule has 0 saturated carbocycles. The lowest BCUT2D eigenvalue weighted by atomic mass is 10.2. The molecule has 0 spiro atoms. The van der Waals surface area contributed by atoms with Gasteiger partial charge in [0.2, 0.25) is 5.82 Å². The van der Waals surface area contributed by atoms with Crippen LogP contribution in [0.3, 0.4) is 0 Å². The number of hydrogen-bond acceptors (Lipinski definition) is 8. The normalized spacial score (nSPS) is 14.2. The third kappa shape index (κ3) is 6.35. The minimum absolute atomic E-state index is 0.000149. The Balaban J connectivity index is 1.07. The van der Waals surface area contributed by atoms with Gasteiger partial charge in [-0.05, 0) is 36.2 Å². The molecule has 0 N–H and O–H groups in total. The summed E-state index contributed by atoms with van der Waals surface area (Å²) in [6.07, 6.45) is 5.97. The molecule has 208 valence electrons. The lowest BCUT2D eigenvalue weighted by Gasteiger charge is -2.33. The largest absolute Gasteiger partial charge is 0.461 e. The van der Waals surface area contributed by atoms with Gasteiger partial charge in [-0.2, -0.15) is 0 Å². The van der Waals surface area contributed by atoms with Gasteiger partial charge in [0.15, 0.2) is 10.9 Å². The number of carbonyl (C=O) groups excluding carboxylic acids is 1. The van der Waals surface area contributed by atoms with E-state index in [1.165, 1.54) is 16.9 Å². The van der Waals surface area contributed by atoms with E-state index in [2.05, 4.69) is 63.4 Å². The molecule has 0 bridgehead atoms. The molecule has 1 aliphatic rings. The molecule has 0 radical (unpaired) electrons. The highest BCUT2D eigenvalue weighted by atomic mass is 32.2. The van der Waals surface area contributed by atoms with Crippen LogP contribution >= 0.6 is 23.1 Å². The molecular formula is C31H30N6O2S2. The standard InChI is InChI=1S/C31H30N6O2S2/c1-23-9-5-6-13-26(23)37-29(27-14-8-20-39-27)33-34-31(37)41-22-28-32-25(21-40-28)30(38)36-18-16-35(17-19-36)15-7-12-24-10-3-2-4-11-24/h2-14,20-21H,15-19,22H2,1H3. The van der Waals surface area contributed by atoms with E-state index in [1.807, 2.05) is 57.3 Å². The van der Waals surface area contributed by atoms with E-state index in [0.29, 0.717) is 36.1 Å². The Morgan fingerprint density at radius 1 is 1.00 bits per heavy atom. The van der Waals surface area contributed by atoms with Gasteiger partial charge in [-0.3, -0.25) is 14.3 Å². The number of aromatic nitrogens is 4. The molecule has 10 heteroatoms. The van der Waals surface area contributed by atoms with Crippen molar-refractivity contribution in [1.29, 1.82) is 0 Å². The summed E-state index contributed by atoms with van der Waals surface area (Å²) in [6, 6.07) is 22.2. The van der Waals surface area contributed by atoms with E-state index >= 15 is 0 Å². The fraction of sp³-hybridized carbons (Fsp3) is 0.226. The quantitative estimate of drug-likeness (QED) is 0.196. The van der Waals surface area contributed by atoms with Gasteiger partial charge in [0.1, 0.15) is 10.7 Å². The Morgan fingerprint density at radius 3 is 2.59 bits per heavy atom. The van der Waals surface area contributed by atoms with Crippen LogP contribution in [0.5, 0.6) is 0 Å². The highest BCUT2D eigenvalue weighted by molar-refractivity contribution is 7.98. The van der Waals surface area contributed by atoms with Crippen LogP contribution in [-0.4, -0.2) is 68.2 Å². The zero-order chi connectivity index (χ0) is 28.0. The number of rotatable bonds is 9. The van der Waals surface area contributed by atoms with E-state index in [-0.39, 0.29) is 5.91 Å². The van der Waals surface area contributed by atoms with Crippen molar-refractivity contribution in [2.24, 2.45) is 0 Å². The van der Waals surface area contributed by atoms with Crippen molar-refractivity contribution in [3.8, 4) is 17.3 Å². The van der Waals surface area contributed by atoms with Gasteiger partial charge in [0, 0.05) is 38.1 Å². The number of hydrogen-bond donors (Lipinski definition) is 0. The number of piperazine rings is 1. The van der Waals surface area contributed by atoms with Crippen molar-refractivity contribution >= 4 is 35.1 Å². The monoisotopic (exact) mass is 582 g/mol. The lowest BCUT2D eigenvalue weighted by Crippen LogP contribution is -2.48. The van der Waals surface area contributed by atoms with Crippen LogP contribution in [0.15, 0.2) is 94.0 Å². The summed E-state index contributed by atoms with van der Waals surface area (Å²) in [6.45, 7) is 6.05. The molecule has 1 aliphatic heterocycles. The third-order valence-electron chi connectivity index (χ3n) is 6.96. The van der Waals surface area contributed by atoms with Crippen LogP contribution in [-0.2, 0) is 5.75 Å². The SMILES string of the molecule is Cc1ccccc1-n1c(SCc2nc(C(=O)N3CCN(CC=Cc4ccccc4)CC3)cs2)nnc1-c1ccco1. The highest BCUT2D eigenvalue weighted by Crippen LogP contribution is 2.31. The number of furan rings is 1. The van der Waals surface area contributed by atoms with Crippen molar-refractivity contribution in [2.45, 2.75) is 17.8 Å². The van der Waals surface area contributed by atoms with Crippen LogP contribution in [0, 0.1) is 6.92 Å². The highest BCUT2D eigenvalue weighted by Gasteiger charge is 2.24. The third-order valence-corrected chi connectivity index (χ3v) is 8.93. The van der Waals surface area contributed by atoms with Crippen LogP contribution in [0.25, 0.3) is 23.3 Å². The molecule has 5 aromatic rings. The molecule has 0 atom stereocenters. The van der Waals surface area contributed by atoms with Gasteiger partial charge in [0.05, 0.1) is 17.7 Å². The van der Waals surface area contributed by atoms with Gasteiger partial charge in [-0.1, -0.05) is 72.4 Å². The second kappa shape index (κ2) is 12.7. The van der Waals surface area contributed by atoms with E-state index in [1.54, 1.807) is 18.0 Å². The summed E-state index contributed by atoms with van der Waals surface area (Å²) in [7, 11) is 0. The maximum absolute atomic E-state index is 13.2. The average Bonchev–Trinajstić information content (AvgIpc) is 3.78. The predicted octanol–water partition coefficient (Wildman–Crippen LogP) is 6.06. The minimum Gasteiger partial charge on any atom is -0.461 e. The first-order valence-corrected chi connectivity index (χ1v) is 15.4. The molecular weight excluding hydrogens is 553 g/mol. The van der Waals surface area contributed by atoms with Crippen molar-refractivity contribution in [2.75, 3.05) is 32.7 Å². The summed E-state index contributed by atoms with van der Waals surface area (Å²) >= 11 is 3.05. The first-order valence-electron chi connectivity index (χ1n) is 13.5. The van der Waals surface area contributed by atoms with Crippen molar-refractivity contribution in [1.82, 2.24) is 29.5 Å². The lowest BCUT2D eigenvalue weighted by molar-refractivity contribution is 0.0645. The molecule has 4 heterocycles. The Kier molecular flexibility index (Phi) is 8.41. The summed E-state index contributed by atoms with van der Waals surface area (Å²) in [5.41, 5.74) is 3.82. The maximum atomic E-state index is 13.2. The smallest absolute Gasteiger partial charge is 0.273 e. The second-order valence-electron chi connectivity index (χ2n) is 9.73. The number of benzene rings is 2. The molecule has 41 heavy (non-hydrogen) atoms. The molecule has 0 aliphatic carbocycles. The zero-order valence-corrected chi connectivity index (χ0v) is 24.4. The number of carbonyl (C=O) groups is 1. The first-order chi connectivity index (χ1) is 20.2. The summed E-state index contributed by atoms with van der Waals surface area (Å²) in [5, 5.41) is 12.4. The number of aryl methyl sites for hydroxylation is 1. The Hall–Kier alpha value is -3.99. The summed E-state index contributed by atoms with van der Waals surface area (Å²) in [5.74, 6) is 1.89. The Bertz CT molecular complexity index is 1620.